The minimum absolute atomic E-state index is 0.00136. The van der Waals surface area contributed by atoms with Gasteiger partial charge in [0.25, 0.3) is 0 Å². The molecule has 0 atom stereocenters. The van der Waals surface area contributed by atoms with E-state index < -0.39 is 5.41 Å². The maximum Gasteiger partial charge on any atom is 0.246 e. The second-order valence-electron chi connectivity index (χ2n) is 8.63. The first-order valence-electron chi connectivity index (χ1n) is 11.0. The predicted molar refractivity (Wildman–Crippen MR) is 123 cm³/mol. The van der Waals surface area contributed by atoms with Crippen molar-refractivity contribution in [2.45, 2.75) is 32.1 Å². The van der Waals surface area contributed by atoms with Crippen molar-refractivity contribution in [3.8, 4) is 0 Å². The van der Waals surface area contributed by atoms with Gasteiger partial charge in [-0.3, -0.25) is 9.59 Å². The van der Waals surface area contributed by atoms with Crippen molar-refractivity contribution >= 4 is 35.0 Å². The number of anilines is 1. The zero-order chi connectivity index (χ0) is 22.0. The SMILES string of the molecule is O=C(C=Cc1cnc2c(c1)CC1(CCOCC1)C(=O)N2)N1CC=C(Cc2nccs2)CC1. The highest BCUT2D eigenvalue weighted by molar-refractivity contribution is 7.09. The van der Waals surface area contributed by atoms with Crippen molar-refractivity contribution in [3.63, 3.8) is 0 Å². The first-order chi connectivity index (χ1) is 15.6. The number of hydrogen-bond donors (Lipinski definition) is 1. The van der Waals surface area contributed by atoms with Crippen LogP contribution < -0.4 is 5.32 Å². The molecule has 7 nitrogen and oxygen atoms in total. The van der Waals surface area contributed by atoms with Crippen LogP contribution in [0, 0.1) is 5.41 Å². The molecule has 0 unspecified atom stereocenters. The third-order valence-electron chi connectivity index (χ3n) is 6.58. The largest absolute Gasteiger partial charge is 0.381 e. The molecule has 5 heterocycles. The molecule has 0 aromatic carbocycles. The van der Waals surface area contributed by atoms with Crippen LogP contribution in [0.3, 0.4) is 0 Å². The predicted octanol–water partition coefficient (Wildman–Crippen LogP) is 3.24. The molecule has 0 radical (unpaired) electrons. The van der Waals surface area contributed by atoms with E-state index >= 15 is 0 Å². The van der Waals surface area contributed by atoms with Gasteiger partial charge in [0.1, 0.15) is 5.82 Å². The second-order valence-corrected chi connectivity index (χ2v) is 9.61. The summed E-state index contributed by atoms with van der Waals surface area (Å²) in [6.07, 6.45) is 13.0. The lowest BCUT2D eigenvalue weighted by Crippen LogP contribution is -2.45. The fourth-order valence-electron chi connectivity index (χ4n) is 4.60. The lowest BCUT2D eigenvalue weighted by molar-refractivity contribution is -0.131. The van der Waals surface area contributed by atoms with Crippen molar-refractivity contribution in [2.24, 2.45) is 5.41 Å². The summed E-state index contributed by atoms with van der Waals surface area (Å²) in [6, 6.07) is 2.03. The summed E-state index contributed by atoms with van der Waals surface area (Å²) in [4.78, 5) is 35.9. The van der Waals surface area contributed by atoms with E-state index in [0.29, 0.717) is 32.0 Å². The molecule has 1 saturated heterocycles. The van der Waals surface area contributed by atoms with Crippen LogP contribution in [0.4, 0.5) is 5.82 Å². The summed E-state index contributed by atoms with van der Waals surface area (Å²) in [5.41, 5.74) is 2.83. The monoisotopic (exact) mass is 450 g/mol. The van der Waals surface area contributed by atoms with Gasteiger partial charge in [-0.15, -0.1) is 11.3 Å². The van der Waals surface area contributed by atoms with E-state index in [2.05, 4.69) is 21.4 Å². The molecule has 0 saturated carbocycles. The molecular formula is C24H26N4O3S. The van der Waals surface area contributed by atoms with Gasteiger partial charge in [0.15, 0.2) is 0 Å². The molecule has 2 amide bonds. The van der Waals surface area contributed by atoms with Gasteiger partial charge in [-0.05, 0) is 49.0 Å². The highest BCUT2D eigenvalue weighted by Gasteiger charge is 2.43. The molecule has 32 heavy (non-hydrogen) atoms. The van der Waals surface area contributed by atoms with Gasteiger partial charge in [-0.1, -0.05) is 11.6 Å². The van der Waals surface area contributed by atoms with Gasteiger partial charge in [0, 0.05) is 56.6 Å². The molecule has 0 bridgehead atoms. The van der Waals surface area contributed by atoms with Crippen molar-refractivity contribution in [1.82, 2.24) is 14.9 Å². The van der Waals surface area contributed by atoms with Crippen LogP contribution in [0.25, 0.3) is 6.08 Å². The number of pyridine rings is 1. The molecule has 2 aromatic rings. The zero-order valence-corrected chi connectivity index (χ0v) is 18.7. The molecule has 1 fully saturated rings. The summed E-state index contributed by atoms with van der Waals surface area (Å²) in [6.45, 7) is 2.57. The summed E-state index contributed by atoms with van der Waals surface area (Å²) in [7, 11) is 0. The minimum Gasteiger partial charge on any atom is -0.381 e. The van der Waals surface area contributed by atoms with Crippen LogP contribution in [-0.4, -0.2) is 53.0 Å². The summed E-state index contributed by atoms with van der Waals surface area (Å²) >= 11 is 1.67. The van der Waals surface area contributed by atoms with E-state index in [1.165, 1.54) is 5.57 Å². The lowest BCUT2D eigenvalue weighted by Gasteiger charge is -2.39. The Balaban J connectivity index is 1.23. The van der Waals surface area contributed by atoms with E-state index in [4.69, 9.17) is 4.74 Å². The van der Waals surface area contributed by atoms with E-state index in [-0.39, 0.29) is 11.8 Å². The molecule has 3 aliphatic rings. The van der Waals surface area contributed by atoms with Crippen molar-refractivity contribution in [2.75, 3.05) is 31.6 Å². The van der Waals surface area contributed by atoms with Crippen LogP contribution in [-0.2, 0) is 27.2 Å². The molecule has 5 rings (SSSR count). The van der Waals surface area contributed by atoms with Crippen LogP contribution in [0.15, 0.2) is 41.6 Å². The zero-order valence-electron chi connectivity index (χ0n) is 17.9. The summed E-state index contributed by atoms with van der Waals surface area (Å²) < 4.78 is 5.46. The topological polar surface area (TPSA) is 84.4 Å². The Morgan fingerprint density at radius 3 is 2.94 bits per heavy atom. The van der Waals surface area contributed by atoms with Gasteiger partial charge >= 0.3 is 0 Å². The number of hydrogen-bond acceptors (Lipinski definition) is 6. The van der Waals surface area contributed by atoms with Gasteiger partial charge in [-0.25, -0.2) is 9.97 Å². The average molecular weight is 451 g/mol. The Kier molecular flexibility index (Phi) is 5.89. The molecule has 1 N–H and O–H groups in total. The molecule has 8 heteroatoms. The number of fused-ring (bicyclic) bond motifs is 1. The number of nitrogens with one attached hydrogen (secondary N) is 1. The molecule has 1 spiro atoms. The van der Waals surface area contributed by atoms with Gasteiger partial charge in [0.05, 0.1) is 10.4 Å². The molecular weight excluding hydrogens is 424 g/mol. The van der Waals surface area contributed by atoms with E-state index in [1.54, 1.807) is 23.6 Å². The Hall–Kier alpha value is -2.84. The second kappa shape index (κ2) is 8.96. The number of aromatic nitrogens is 2. The van der Waals surface area contributed by atoms with E-state index in [9.17, 15) is 9.59 Å². The first kappa shape index (κ1) is 21.0. The quantitative estimate of drug-likeness (QED) is 0.571. The van der Waals surface area contributed by atoms with Crippen LogP contribution in [0.2, 0.25) is 0 Å². The Labute approximate surface area is 191 Å². The highest BCUT2D eigenvalue weighted by Crippen LogP contribution is 2.40. The number of rotatable bonds is 4. The molecule has 2 aromatic heterocycles. The Bertz CT molecular complexity index is 1070. The summed E-state index contributed by atoms with van der Waals surface area (Å²) in [5, 5.41) is 6.08. The van der Waals surface area contributed by atoms with Gasteiger partial charge in [0.2, 0.25) is 11.8 Å². The summed E-state index contributed by atoms with van der Waals surface area (Å²) in [5.74, 6) is 0.678. The van der Waals surface area contributed by atoms with Crippen molar-refractivity contribution in [1.29, 1.82) is 0 Å². The molecule has 166 valence electrons. The maximum atomic E-state index is 12.7. The van der Waals surface area contributed by atoms with Crippen LogP contribution in [0.5, 0.6) is 0 Å². The number of ether oxygens (including phenoxy) is 1. The van der Waals surface area contributed by atoms with Gasteiger partial charge in [-0.2, -0.15) is 0 Å². The standard InChI is InChI=1S/C24H26N4O3S/c29-21(28-8-3-17(4-9-28)14-20-25-7-12-32-20)2-1-18-13-19-15-24(5-10-31-11-6-24)23(30)27-22(19)26-16-18/h1-3,7,12-13,16H,4-6,8-11,14-15H2,(H,26,27,30). The van der Waals surface area contributed by atoms with Crippen LogP contribution in [0.1, 0.15) is 35.4 Å². The smallest absolute Gasteiger partial charge is 0.246 e. The normalized spacial score (nSPS) is 20.2. The third-order valence-corrected chi connectivity index (χ3v) is 7.35. The van der Waals surface area contributed by atoms with Gasteiger partial charge < -0.3 is 15.0 Å². The van der Waals surface area contributed by atoms with Crippen molar-refractivity contribution < 1.29 is 14.3 Å². The number of carbonyl (C=O) groups excluding carboxylic acids is 2. The fourth-order valence-corrected chi connectivity index (χ4v) is 5.27. The average Bonchev–Trinajstić information content (AvgIpc) is 3.32. The first-order valence-corrected chi connectivity index (χ1v) is 11.9. The van der Waals surface area contributed by atoms with E-state index in [1.807, 2.05) is 28.6 Å². The molecule has 3 aliphatic heterocycles. The Morgan fingerprint density at radius 1 is 1.31 bits per heavy atom. The number of amides is 2. The molecule has 0 aliphatic carbocycles. The number of carbonyl (C=O) groups is 2. The lowest BCUT2D eigenvalue weighted by atomic mass is 9.72. The maximum absolute atomic E-state index is 12.7. The van der Waals surface area contributed by atoms with E-state index in [0.717, 1.165) is 48.4 Å². The fraction of sp³-hybridized carbons (Fsp3) is 0.417. The Morgan fingerprint density at radius 2 is 2.19 bits per heavy atom. The van der Waals surface area contributed by atoms with Crippen molar-refractivity contribution in [3.05, 3.63) is 57.7 Å². The van der Waals surface area contributed by atoms with Crippen LogP contribution >= 0.6 is 11.3 Å². The minimum atomic E-state index is -0.401. The number of nitrogens with zero attached hydrogens (tertiary/aromatic N) is 3. The highest BCUT2D eigenvalue weighted by atomic mass is 32.1. The number of thiazole rings is 1. The third kappa shape index (κ3) is 4.38.